The molecular formula is C33H39ClN4O3S. The lowest BCUT2D eigenvalue weighted by molar-refractivity contribution is -0.164. The number of piperazine rings is 1. The Hall–Kier alpha value is -3.04. The Labute approximate surface area is 257 Å². The molecule has 1 aliphatic rings. The Morgan fingerprint density at radius 1 is 1.02 bits per heavy atom. The van der Waals surface area contributed by atoms with E-state index in [9.17, 15) is 4.79 Å². The van der Waals surface area contributed by atoms with Crippen LogP contribution in [0.4, 0.5) is 5.69 Å². The molecule has 0 N–H and O–H groups in total. The topological polar surface area (TPSA) is 67.8 Å². The van der Waals surface area contributed by atoms with Crippen LogP contribution in [0.5, 0.6) is 0 Å². The van der Waals surface area contributed by atoms with E-state index >= 15 is 0 Å². The molecule has 0 aliphatic carbocycles. The van der Waals surface area contributed by atoms with Crippen LogP contribution >= 0.6 is 22.9 Å². The average Bonchev–Trinajstić information content (AvgIpc) is 3.39. The van der Waals surface area contributed by atoms with Crippen molar-refractivity contribution in [2.24, 2.45) is 0 Å². The maximum Gasteiger partial charge on any atom is 0.339 e. The quantitative estimate of drug-likeness (QED) is 0.201. The summed E-state index contributed by atoms with van der Waals surface area (Å²) >= 11 is 7.87. The zero-order valence-electron chi connectivity index (χ0n) is 25.4. The summed E-state index contributed by atoms with van der Waals surface area (Å²) in [6.07, 6.45) is 2.90. The molecule has 1 unspecified atom stereocenters. The first-order valence-corrected chi connectivity index (χ1v) is 15.5. The number of aromatic nitrogens is 2. The molecule has 1 fully saturated rings. The average molecular weight is 607 g/mol. The fourth-order valence-electron chi connectivity index (χ4n) is 5.48. The number of fused-ring (bicyclic) bond motifs is 1. The summed E-state index contributed by atoms with van der Waals surface area (Å²) in [6.45, 7) is 16.3. The highest BCUT2D eigenvalue weighted by molar-refractivity contribution is 7.22. The number of pyridine rings is 1. The van der Waals surface area contributed by atoms with Gasteiger partial charge >= 0.3 is 5.97 Å². The Kier molecular flexibility index (Phi) is 8.90. The van der Waals surface area contributed by atoms with Gasteiger partial charge in [0.2, 0.25) is 0 Å². The van der Waals surface area contributed by atoms with E-state index in [-0.39, 0.29) is 0 Å². The minimum absolute atomic E-state index is 0.443. The van der Waals surface area contributed by atoms with Crippen LogP contribution in [0.25, 0.3) is 31.9 Å². The van der Waals surface area contributed by atoms with E-state index in [1.54, 1.807) is 11.3 Å². The number of carbonyl (C=O) groups is 1. The van der Waals surface area contributed by atoms with Crippen molar-refractivity contribution in [3.63, 3.8) is 0 Å². The number of hydrogen-bond donors (Lipinski definition) is 0. The number of thiazole rings is 1. The molecule has 4 aromatic rings. The third kappa shape index (κ3) is 6.47. The van der Waals surface area contributed by atoms with E-state index in [0.717, 1.165) is 74.9 Å². The molecule has 1 saturated heterocycles. The van der Waals surface area contributed by atoms with Crippen LogP contribution in [0.15, 0.2) is 48.8 Å². The first kappa shape index (κ1) is 30.4. The van der Waals surface area contributed by atoms with Crippen LogP contribution in [0.3, 0.4) is 0 Å². The zero-order valence-corrected chi connectivity index (χ0v) is 27.0. The second-order valence-corrected chi connectivity index (χ2v) is 13.5. The van der Waals surface area contributed by atoms with Crippen LogP contribution in [0.2, 0.25) is 5.02 Å². The van der Waals surface area contributed by atoms with E-state index in [0.29, 0.717) is 11.1 Å². The summed E-state index contributed by atoms with van der Waals surface area (Å²) in [4.78, 5) is 27.8. The molecule has 1 aliphatic heterocycles. The largest absolute Gasteiger partial charge is 0.467 e. The number of benzene rings is 2. The second kappa shape index (κ2) is 12.3. The SMILES string of the molecule is COC(=O)C(OC(C)(C)C)c1c(C)cc2nc(-c3cncc(N4CCN(C(C)C)CC4)c3)sc2c1-c1ccc(Cl)cc1. The van der Waals surface area contributed by atoms with Crippen molar-refractivity contribution in [1.82, 2.24) is 14.9 Å². The third-order valence-corrected chi connectivity index (χ3v) is 8.98. The number of halogens is 1. The standard InChI is InChI=1S/C33H39ClN4O3S/c1-20(2)37-12-14-38(15-13-37)25-17-23(18-35-19-25)31-36-26-16-21(3)27(29(32(39)40-7)41-33(4,5)6)28(30(26)42-31)22-8-10-24(34)11-9-22/h8-11,16-20,29H,12-15H2,1-7H3. The van der Waals surface area contributed by atoms with Crippen molar-refractivity contribution in [2.75, 3.05) is 38.2 Å². The highest BCUT2D eigenvalue weighted by Crippen LogP contribution is 2.44. The number of rotatable bonds is 7. The van der Waals surface area contributed by atoms with Gasteiger partial charge in [-0.3, -0.25) is 9.88 Å². The lowest BCUT2D eigenvalue weighted by atomic mass is 9.91. The summed E-state index contributed by atoms with van der Waals surface area (Å²) < 4.78 is 12.6. The molecule has 5 rings (SSSR count). The number of aryl methyl sites for hydroxylation is 1. The lowest BCUT2D eigenvalue weighted by Gasteiger charge is -2.38. The van der Waals surface area contributed by atoms with Crippen LogP contribution in [0, 0.1) is 6.92 Å². The van der Waals surface area contributed by atoms with E-state index in [4.69, 9.17) is 26.1 Å². The molecule has 1 atom stereocenters. The molecule has 42 heavy (non-hydrogen) atoms. The van der Waals surface area contributed by atoms with E-state index in [2.05, 4.69) is 34.7 Å². The van der Waals surface area contributed by atoms with Crippen molar-refractivity contribution < 1.29 is 14.3 Å². The maximum absolute atomic E-state index is 13.2. The summed E-state index contributed by atoms with van der Waals surface area (Å²) in [5.41, 5.74) is 5.86. The van der Waals surface area contributed by atoms with Gasteiger partial charge in [0.25, 0.3) is 0 Å². The van der Waals surface area contributed by atoms with Crippen molar-refractivity contribution >= 4 is 44.8 Å². The molecule has 0 saturated carbocycles. The molecule has 0 amide bonds. The van der Waals surface area contributed by atoms with Crippen LogP contribution in [-0.2, 0) is 14.3 Å². The molecule has 7 nitrogen and oxygen atoms in total. The minimum atomic E-state index is -0.912. The second-order valence-electron chi connectivity index (χ2n) is 12.0. The summed E-state index contributed by atoms with van der Waals surface area (Å²) in [6, 6.07) is 12.4. The molecule has 0 spiro atoms. The number of ether oxygens (including phenoxy) is 2. The van der Waals surface area contributed by atoms with Crippen LogP contribution in [0.1, 0.15) is 51.8 Å². The summed E-state index contributed by atoms with van der Waals surface area (Å²) in [5.74, 6) is -0.443. The molecule has 9 heteroatoms. The highest BCUT2D eigenvalue weighted by Gasteiger charge is 2.33. The Balaban J connectivity index is 1.63. The first-order valence-electron chi connectivity index (χ1n) is 14.3. The van der Waals surface area contributed by atoms with Crippen molar-refractivity contribution in [1.29, 1.82) is 0 Å². The number of anilines is 1. The van der Waals surface area contributed by atoms with Gasteiger partial charge in [-0.05, 0) is 76.9 Å². The van der Waals surface area contributed by atoms with Crippen molar-refractivity contribution in [3.05, 3.63) is 64.9 Å². The van der Waals surface area contributed by atoms with Gasteiger partial charge in [0, 0.05) is 60.1 Å². The van der Waals surface area contributed by atoms with Crippen molar-refractivity contribution in [2.45, 2.75) is 59.3 Å². The number of carbonyl (C=O) groups excluding carboxylic acids is 1. The zero-order chi connectivity index (χ0) is 30.2. The van der Waals surface area contributed by atoms with Gasteiger partial charge in [-0.2, -0.15) is 0 Å². The molecule has 2 aromatic carbocycles. The Morgan fingerprint density at radius 2 is 1.71 bits per heavy atom. The predicted octanol–water partition coefficient (Wildman–Crippen LogP) is 7.55. The smallest absolute Gasteiger partial charge is 0.339 e. The Morgan fingerprint density at radius 3 is 2.33 bits per heavy atom. The van der Waals surface area contributed by atoms with Crippen LogP contribution in [-0.4, -0.2) is 65.8 Å². The lowest BCUT2D eigenvalue weighted by Crippen LogP contribution is -2.48. The van der Waals surface area contributed by atoms with Gasteiger partial charge in [0.15, 0.2) is 6.10 Å². The predicted molar refractivity (Wildman–Crippen MR) is 173 cm³/mol. The van der Waals surface area contributed by atoms with Gasteiger partial charge in [-0.1, -0.05) is 23.7 Å². The number of methoxy groups -OCH3 is 1. The van der Waals surface area contributed by atoms with Gasteiger partial charge in [0.1, 0.15) is 5.01 Å². The number of esters is 1. The highest BCUT2D eigenvalue weighted by atomic mass is 35.5. The monoisotopic (exact) mass is 606 g/mol. The van der Waals surface area contributed by atoms with Crippen molar-refractivity contribution in [3.8, 4) is 21.7 Å². The molecule has 222 valence electrons. The fourth-order valence-corrected chi connectivity index (χ4v) is 6.71. The Bertz CT molecular complexity index is 1570. The van der Waals surface area contributed by atoms with E-state index < -0.39 is 17.7 Å². The fraction of sp³-hybridized carbons (Fsp3) is 0.424. The van der Waals surface area contributed by atoms with Gasteiger partial charge in [0.05, 0.1) is 34.8 Å². The van der Waals surface area contributed by atoms with E-state index in [1.165, 1.54) is 7.11 Å². The first-order chi connectivity index (χ1) is 19.9. The van der Waals surface area contributed by atoms with Crippen LogP contribution < -0.4 is 4.90 Å². The maximum atomic E-state index is 13.2. The summed E-state index contributed by atoms with van der Waals surface area (Å²) in [7, 11) is 1.39. The molecule has 3 heterocycles. The normalized spacial score (nSPS) is 15.4. The van der Waals surface area contributed by atoms with Gasteiger partial charge < -0.3 is 14.4 Å². The molecular weight excluding hydrogens is 568 g/mol. The molecule has 2 aromatic heterocycles. The molecule has 0 radical (unpaired) electrons. The third-order valence-electron chi connectivity index (χ3n) is 7.59. The van der Waals surface area contributed by atoms with E-state index in [1.807, 2.05) is 70.4 Å². The minimum Gasteiger partial charge on any atom is -0.467 e. The number of hydrogen-bond acceptors (Lipinski definition) is 8. The number of nitrogens with zero attached hydrogens (tertiary/aromatic N) is 4. The molecule has 0 bridgehead atoms. The summed E-state index contributed by atoms with van der Waals surface area (Å²) in [5, 5.41) is 1.51. The van der Waals surface area contributed by atoms with Gasteiger partial charge in [-0.25, -0.2) is 9.78 Å². The van der Waals surface area contributed by atoms with Gasteiger partial charge in [-0.15, -0.1) is 11.3 Å².